The van der Waals surface area contributed by atoms with Crippen molar-refractivity contribution >= 4 is 24.4 Å². The van der Waals surface area contributed by atoms with Crippen molar-refractivity contribution in [1.29, 1.82) is 0 Å². The molecule has 0 bridgehead atoms. The van der Waals surface area contributed by atoms with Crippen LogP contribution in [0.1, 0.15) is 5.56 Å². The molecule has 18 heavy (non-hydrogen) atoms. The Morgan fingerprint density at radius 3 is 2.11 bits per heavy atom. The molecule has 0 atom stereocenters. The highest BCUT2D eigenvalue weighted by Gasteiger charge is 2.14. The molecule has 98 valence electrons. The molecule has 0 saturated heterocycles. The summed E-state index contributed by atoms with van der Waals surface area (Å²) in [5.74, 6) is -0.159. The summed E-state index contributed by atoms with van der Waals surface area (Å²) in [5.41, 5.74) is 0.918. The number of carbonyl (C=O) groups excluding carboxylic acids is 2. The van der Waals surface area contributed by atoms with Crippen molar-refractivity contribution < 1.29 is 9.59 Å². The highest BCUT2D eigenvalue weighted by Crippen LogP contribution is 2.09. The first-order chi connectivity index (χ1) is 8.40. The normalized spacial score (nSPS) is 10.0. The van der Waals surface area contributed by atoms with Crippen LogP contribution >= 0.6 is 12.6 Å². The van der Waals surface area contributed by atoms with Gasteiger partial charge in [0.15, 0.2) is 0 Å². The van der Waals surface area contributed by atoms with Crippen molar-refractivity contribution in [2.24, 2.45) is 0 Å². The van der Waals surface area contributed by atoms with Crippen LogP contribution in [0.5, 0.6) is 0 Å². The smallest absolute Gasteiger partial charge is 0.241 e. The van der Waals surface area contributed by atoms with Gasteiger partial charge < -0.3 is 9.80 Å². The van der Waals surface area contributed by atoms with Crippen LogP contribution in [0.4, 0.5) is 0 Å². The van der Waals surface area contributed by atoms with Crippen molar-refractivity contribution in [2.75, 3.05) is 27.7 Å². The molecule has 1 rings (SSSR count). The van der Waals surface area contributed by atoms with E-state index < -0.39 is 0 Å². The minimum absolute atomic E-state index is 0.0721. The zero-order chi connectivity index (χ0) is 13.7. The first-order valence-electron chi connectivity index (χ1n) is 5.62. The molecule has 0 aliphatic rings. The van der Waals surface area contributed by atoms with E-state index >= 15 is 0 Å². The number of rotatable bonds is 4. The first kappa shape index (κ1) is 14.6. The zero-order valence-electron chi connectivity index (χ0n) is 10.9. The molecular formula is C13H18N2O2S. The Kier molecular flexibility index (Phi) is 5.22. The van der Waals surface area contributed by atoms with Crippen LogP contribution < -0.4 is 0 Å². The monoisotopic (exact) mass is 266 g/mol. The number of likely N-dealkylation sites (N-methyl/N-ethyl adjacent to an activating group) is 2. The van der Waals surface area contributed by atoms with Gasteiger partial charge in [-0.15, -0.1) is 12.6 Å². The summed E-state index contributed by atoms with van der Waals surface area (Å²) in [4.78, 5) is 27.1. The van der Waals surface area contributed by atoms with E-state index in [1.54, 1.807) is 21.1 Å². The number of hydrogen-bond donors (Lipinski definition) is 1. The van der Waals surface area contributed by atoms with Gasteiger partial charge in [0, 0.05) is 26.0 Å². The van der Waals surface area contributed by atoms with Gasteiger partial charge in [-0.2, -0.15) is 0 Å². The van der Waals surface area contributed by atoms with E-state index in [-0.39, 0.29) is 18.4 Å². The van der Waals surface area contributed by atoms with E-state index in [2.05, 4.69) is 12.6 Å². The van der Waals surface area contributed by atoms with Crippen LogP contribution in [-0.4, -0.2) is 49.3 Å². The average molecular weight is 266 g/mol. The van der Waals surface area contributed by atoms with E-state index in [4.69, 9.17) is 0 Å². The van der Waals surface area contributed by atoms with Crippen LogP contribution in [0.25, 0.3) is 0 Å². The van der Waals surface area contributed by atoms with Crippen molar-refractivity contribution in [3.8, 4) is 0 Å². The molecule has 1 aromatic rings. The van der Waals surface area contributed by atoms with Gasteiger partial charge in [-0.25, -0.2) is 0 Å². The molecule has 0 aliphatic carbocycles. The Labute approximate surface area is 113 Å². The van der Waals surface area contributed by atoms with Crippen LogP contribution in [0.3, 0.4) is 0 Å². The Bertz CT molecular complexity index is 429. The Morgan fingerprint density at radius 2 is 1.61 bits per heavy atom. The first-order valence-corrected chi connectivity index (χ1v) is 6.07. The quantitative estimate of drug-likeness (QED) is 0.828. The fourth-order valence-electron chi connectivity index (χ4n) is 1.36. The van der Waals surface area contributed by atoms with E-state index in [0.717, 1.165) is 10.5 Å². The molecule has 0 spiro atoms. The third-order valence-electron chi connectivity index (χ3n) is 2.59. The van der Waals surface area contributed by atoms with Crippen LogP contribution in [-0.2, 0) is 16.0 Å². The fraction of sp³-hybridized carbons (Fsp3) is 0.385. The molecular weight excluding hydrogens is 248 g/mol. The second kappa shape index (κ2) is 6.44. The van der Waals surface area contributed by atoms with Crippen molar-refractivity contribution in [3.05, 3.63) is 29.8 Å². The van der Waals surface area contributed by atoms with Crippen LogP contribution in [0, 0.1) is 0 Å². The van der Waals surface area contributed by atoms with Crippen molar-refractivity contribution in [3.63, 3.8) is 0 Å². The predicted octanol–water partition coefficient (Wildman–Crippen LogP) is 1.06. The highest BCUT2D eigenvalue weighted by molar-refractivity contribution is 7.80. The molecule has 0 heterocycles. The fourth-order valence-corrected chi connectivity index (χ4v) is 1.50. The van der Waals surface area contributed by atoms with E-state index in [1.807, 2.05) is 24.3 Å². The van der Waals surface area contributed by atoms with Gasteiger partial charge in [0.25, 0.3) is 0 Å². The predicted molar refractivity (Wildman–Crippen MR) is 73.7 cm³/mol. The molecule has 0 radical (unpaired) electrons. The largest absolute Gasteiger partial charge is 0.347 e. The molecule has 0 aliphatic heterocycles. The second-order valence-corrected chi connectivity index (χ2v) is 4.90. The molecule has 0 N–H and O–H groups in total. The maximum Gasteiger partial charge on any atom is 0.241 e. The van der Waals surface area contributed by atoms with Crippen molar-refractivity contribution in [1.82, 2.24) is 9.80 Å². The lowest BCUT2D eigenvalue weighted by atomic mass is 10.1. The topological polar surface area (TPSA) is 40.6 Å². The Balaban J connectivity index is 2.54. The Morgan fingerprint density at radius 1 is 1.06 bits per heavy atom. The lowest BCUT2D eigenvalue weighted by molar-refractivity contribution is -0.137. The molecule has 0 unspecified atom stereocenters. The van der Waals surface area contributed by atoms with Gasteiger partial charge in [-0.05, 0) is 17.7 Å². The van der Waals surface area contributed by atoms with Crippen LogP contribution in [0.2, 0.25) is 0 Å². The molecule has 1 aromatic carbocycles. The van der Waals surface area contributed by atoms with Gasteiger partial charge in [0.1, 0.15) is 0 Å². The zero-order valence-corrected chi connectivity index (χ0v) is 11.8. The minimum Gasteiger partial charge on any atom is -0.347 e. The number of carbonyl (C=O) groups is 2. The number of benzene rings is 1. The summed E-state index contributed by atoms with van der Waals surface area (Å²) in [6, 6.07) is 7.41. The van der Waals surface area contributed by atoms with Gasteiger partial charge in [0.2, 0.25) is 11.8 Å². The van der Waals surface area contributed by atoms with Crippen molar-refractivity contribution in [2.45, 2.75) is 11.3 Å². The maximum atomic E-state index is 11.9. The highest BCUT2D eigenvalue weighted by atomic mass is 32.1. The standard InChI is InChI=1S/C13H18N2O2S/c1-14(2)13(17)9-15(3)12(16)8-10-4-6-11(18)7-5-10/h4-7,18H,8-9H2,1-3H3. The summed E-state index contributed by atoms with van der Waals surface area (Å²) in [6.45, 7) is 0.108. The third kappa shape index (κ3) is 4.41. The van der Waals surface area contributed by atoms with E-state index in [9.17, 15) is 9.59 Å². The van der Waals surface area contributed by atoms with E-state index in [1.165, 1.54) is 9.80 Å². The number of nitrogens with zero attached hydrogens (tertiary/aromatic N) is 2. The van der Waals surface area contributed by atoms with Gasteiger partial charge >= 0.3 is 0 Å². The average Bonchev–Trinajstić information content (AvgIpc) is 2.31. The van der Waals surface area contributed by atoms with E-state index in [0.29, 0.717) is 6.42 Å². The second-order valence-electron chi connectivity index (χ2n) is 4.38. The molecule has 5 heteroatoms. The molecule has 0 aromatic heterocycles. The van der Waals surface area contributed by atoms with Gasteiger partial charge in [-0.1, -0.05) is 12.1 Å². The summed E-state index contributed by atoms with van der Waals surface area (Å²) in [6.07, 6.45) is 0.297. The molecule has 0 saturated carbocycles. The summed E-state index contributed by atoms with van der Waals surface area (Å²) in [7, 11) is 4.98. The molecule has 2 amide bonds. The lowest BCUT2D eigenvalue weighted by Gasteiger charge is -2.19. The molecule has 0 fully saturated rings. The molecule has 4 nitrogen and oxygen atoms in total. The summed E-state index contributed by atoms with van der Waals surface area (Å²) >= 11 is 4.19. The minimum atomic E-state index is -0.0865. The Hall–Kier alpha value is -1.49. The maximum absolute atomic E-state index is 11.9. The lowest BCUT2D eigenvalue weighted by Crippen LogP contribution is -2.38. The number of hydrogen-bond acceptors (Lipinski definition) is 3. The number of amides is 2. The summed E-state index contributed by atoms with van der Waals surface area (Å²) < 4.78 is 0. The summed E-state index contributed by atoms with van der Waals surface area (Å²) in [5, 5.41) is 0. The third-order valence-corrected chi connectivity index (χ3v) is 2.89. The number of thiol groups is 1. The SMILES string of the molecule is CN(C)C(=O)CN(C)C(=O)Cc1ccc(S)cc1. The van der Waals surface area contributed by atoms with Gasteiger partial charge in [-0.3, -0.25) is 9.59 Å². The van der Waals surface area contributed by atoms with Crippen LogP contribution in [0.15, 0.2) is 29.2 Å². The van der Waals surface area contributed by atoms with Gasteiger partial charge in [0.05, 0.1) is 13.0 Å².